The molecule has 8 heteroatoms. The van der Waals surface area contributed by atoms with Crippen LogP contribution in [0.2, 0.25) is 0 Å². The number of imidazole rings is 1. The minimum absolute atomic E-state index is 0.334. The van der Waals surface area contributed by atoms with Crippen LogP contribution in [0.1, 0.15) is 26.5 Å². The van der Waals surface area contributed by atoms with Crippen molar-refractivity contribution in [2.45, 2.75) is 38.8 Å². The number of H-pyrrole nitrogens is 1. The molecule has 130 valence electrons. The molecule has 8 nitrogen and oxygen atoms in total. The first-order valence-corrected chi connectivity index (χ1v) is 7.45. The van der Waals surface area contributed by atoms with Crippen LogP contribution in [0.15, 0.2) is 12.5 Å². The van der Waals surface area contributed by atoms with Crippen LogP contribution in [0.3, 0.4) is 0 Å². The zero-order chi connectivity index (χ0) is 17.5. The van der Waals surface area contributed by atoms with Gasteiger partial charge in [0.15, 0.2) is 0 Å². The van der Waals surface area contributed by atoms with Gasteiger partial charge >= 0.3 is 12.1 Å². The van der Waals surface area contributed by atoms with E-state index in [0.717, 1.165) is 5.69 Å². The molecule has 1 aromatic rings. The summed E-state index contributed by atoms with van der Waals surface area (Å²) in [5.74, 6) is -0.334. The molecule has 0 fully saturated rings. The van der Waals surface area contributed by atoms with Gasteiger partial charge in [-0.2, -0.15) is 0 Å². The maximum Gasteiger partial charge on any atom is 0.407 e. The quantitative estimate of drug-likeness (QED) is 0.724. The normalized spacial score (nSPS) is 12.8. The van der Waals surface area contributed by atoms with Crippen LogP contribution in [0.4, 0.5) is 4.79 Å². The van der Waals surface area contributed by atoms with Crippen LogP contribution in [0, 0.1) is 0 Å². The second kappa shape index (κ2) is 8.52. The number of methoxy groups -OCH3 is 1. The van der Waals surface area contributed by atoms with Crippen molar-refractivity contribution in [3.63, 3.8) is 0 Å². The van der Waals surface area contributed by atoms with Gasteiger partial charge in [0.05, 0.1) is 13.4 Å². The van der Waals surface area contributed by atoms with E-state index >= 15 is 0 Å². The Morgan fingerprint density at radius 3 is 2.65 bits per heavy atom. The summed E-state index contributed by atoms with van der Waals surface area (Å²) in [5, 5.41) is 2.67. The maximum absolute atomic E-state index is 12.0. The van der Waals surface area contributed by atoms with Gasteiger partial charge in [0.25, 0.3) is 0 Å². The Hall–Kier alpha value is -2.09. The van der Waals surface area contributed by atoms with Gasteiger partial charge in [0.2, 0.25) is 0 Å². The molecular formula is C15H26N4O4. The second-order valence-electron chi connectivity index (χ2n) is 6.23. The molecule has 1 heterocycles. The van der Waals surface area contributed by atoms with Gasteiger partial charge in [-0.3, -0.25) is 9.69 Å². The first kappa shape index (κ1) is 19.0. The number of alkyl carbamates (subject to hydrolysis) is 1. The molecule has 1 atom stereocenters. The summed E-state index contributed by atoms with van der Waals surface area (Å²) >= 11 is 0. The van der Waals surface area contributed by atoms with Crippen LogP contribution in [-0.4, -0.2) is 65.8 Å². The van der Waals surface area contributed by atoms with Gasteiger partial charge in [-0.05, 0) is 27.8 Å². The Labute approximate surface area is 136 Å². The average molecular weight is 326 g/mol. The molecular weight excluding hydrogens is 300 g/mol. The predicted octanol–water partition coefficient (Wildman–Crippen LogP) is 0.950. The maximum atomic E-state index is 12.0. The van der Waals surface area contributed by atoms with Gasteiger partial charge in [-0.15, -0.1) is 0 Å². The highest BCUT2D eigenvalue weighted by atomic mass is 16.6. The third-order valence-corrected chi connectivity index (χ3v) is 3.11. The first-order valence-electron chi connectivity index (χ1n) is 7.45. The van der Waals surface area contributed by atoms with E-state index in [1.807, 2.05) is 4.90 Å². The number of nitrogens with zero attached hydrogens (tertiary/aromatic N) is 2. The van der Waals surface area contributed by atoms with E-state index in [-0.39, 0.29) is 5.97 Å². The molecule has 0 unspecified atom stereocenters. The van der Waals surface area contributed by atoms with Crippen molar-refractivity contribution in [2.75, 3.05) is 27.2 Å². The Kier molecular flexibility index (Phi) is 7.02. The van der Waals surface area contributed by atoms with Gasteiger partial charge in [-0.25, -0.2) is 9.78 Å². The number of aromatic nitrogens is 2. The van der Waals surface area contributed by atoms with Crippen molar-refractivity contribution in [2.24, 2.45) is 0 Å². The highest BCUT2D eigenvalue weighted by Crippen LogP contribution is 2.08. The molecule has 1 rings (SSSR count). The monoisotopic (exact) mass is 326 g/mol. The number of nitrogens with one attached hydrogen (secondary N) is 2. The number of rotatable bonds is 7. The number of esters is 1. The van der Waals surface area contributed by atoms with E-state index < -0.39 is 17.7 Å². The Morgan fingerprint density at radius 2 is 2.13 bits per heavy atom. The summed E-state index contributed by atoms with van der Waals surface area (Å²) in [7, 11) is 3.16. The molecule has 0 saturated heterocycles. The van der Waals surface area contributed by atoms with E-state index in [9.17, 15) is 9.59 Å². The summed E-state index contributed by atoms with van der Waals surface area (Å²) in [4.78, 5) is 32.3. The standard InChI is InChI=1S/C15H26N4O4/c1-15(2,3)23-14(21)17-6-7-19(4)12(13(20)22-5)8-11-9-16-10-18-11/h9-10,12H,6-8H2,1-5H3,(H,16,18)(H,17,21)/t12-/m0/s1. The van der Waals surface area contributed by atoms with E-state index in [2.05, 4.69) is 15.3 Å². The molecule has 0 aliphatic heterocycles. The van der Waals surface area contributed by atoms with Gasteiger partial charge in [0.1, 0.15) is 11.6 Å². The first-order chi connectivity index (χ1) is 10.7. The molecule has 1 amide bonds. The number of hydrogen-bond acceptors (Lipinski definition) is 6. The van der Waals surface area contributed by atoms with Crippen LogP contribution in [0.5, 0.6) is 0 Å². The summed E-state index contributed by atoms with van der Waals surface area (Å²) in [6.07, 6.45) is 3.21. The van der Waals surface area contributed by atoms with Crippen molar-refractivity contribution >= 4 is 12.1 Å². The Morgan fingerprint density at radius 1 is 1.43 bits per heavy atom. The molecule has 23 heavy (non-hydrogen) atoms. The SMILES string of the molecule is COC(=O)[C@H](Cc1cnc[nH]1)N(C)CCNC(=O)OC(C)(C)C. The lowest BCUT2D eigenvalue weighted by Crippen LogP contribution is -2.45. The summed E-state index contributed by atoms with van der Waals surface area (Å²) < 4.78 is 10.0. The van der Waals surface area contributed by atoms with Gasteiger partial charge in [-0.1, -0.05) is 0 Å². The van der Waals surface area contributed by atoms with Crippen molar-refractivity contribution in [3.05, 3.63) is 18.2 Å². The lowest BCUT2D eigenvalue weighted by Gasteiger charge is -2.26. The smallest absolute Gasteiger partial charge is 0.407 e. The van der Waals surface area contributed by atoms with Crippen LogP contribution >= 0.6 is 0 Å². The van der Waals surface area contributed by atoms with Crippen molar-refractivity contribution in [3.8, 4) is 0 Å². The number of hydrogen-bond donors (Lipinski definition) is 2. The molecule has 0 radical (unpaired) electrons. The lowest BCUT2D eigenvalue weighted by molar-refractivity contribution is -0.146. The average Bonchev–Trinajstić information content (AvgIpc) is 2.94. The van der Waals surface area contributed by atoms with E-state index in [1.165, 1.54) is 7.11 Å². The number of likely N-dealkylation sites (N-methyl/N-ethyl adjacent to an activating group) is 1. The molecule has 0 aliphatic rings. The highest BCUT2D eigenvalue weighted by Gasteiger charge is 2.25. The fraction of sp³-hybridized carbons (Fsp3) is 0.667. The van der Waals surface area contributed by atoms with Crippen molar-refractivity contribution < 1.29 is 19.1 Å². The van der Waals surface area contributed by atoms with Crippen LogP contribution < -0.4 is 5.32 Å². The summed E-state index contributed by atoms with van der Waals surface area (Å²) in [6, 6.07) is -0.458. The largest absolute Gasteiger partial charge is 0.468 e. The molecule has 1 aromatic heterocycles. The second-order valence-corrected chi connectivity index (χ2v) is 6.23. The molecule has 0 aliphatic carbocycles. The van der Waals surface area contributed by atoms with Crippen LogP contribution in [-0.2, 0) is 20.7 Å². The van der Waals surface area contributed by atoms with Crippen molar-refractivity contribution in [1.29, 1.82) is 0 Å². The summed E-state index contributed by atoms with van der Waals surface area (Å²) in [6.45, 7) is 6.25. The minimum atomic E-state index is -0.537. The topological polar surface area (TPSA) is 96.5 Å². The number of aromatic amines is 1. The number of carbonyl (C=O) groups excluding carboxylic acids is 2. The molecule has 0 bridgehead atoms. The van der Waals surface area contributed by atoms with E-state index in [1.54, 1.807) is 40.3 Å². The summed E-state index contributed by atoms with van der Waals surface area (Å²) in [5.41, 5.74) is 0.304. The third kappa shape index (κ3) is 7.14. The van der Waals surface area contributed by atoms with E-state index in [0.29, 0.717) is 19.5 Å². The Bertz CT molecular complexity index is 496. The Balaban J connectivity index is 2.49. The fourth-order valence-electron chi connectivity index (χ4n) is 1.96. The fourth-order valence-corrected chi connectivity index (χ4v) is 1.96. The number of carbonyl (C=O) groups is 2. The van der Waals surface area contributed by atoms with Gasteiger partial charge < -0.3 is 19.8 Å². The zero-order valence-corrected chi connectivity index (χ0v) is 14.4. The minimum Gasteiger partial charge on any atom is -0.468 e. The molecule has 2 N–H and O–H groups in total. The van der Waals surface area contributed by atoms with E-state index in [4.69, 9.17) is 9.47 Å². The zero-order valence-electron chi connectivity index (χ0n) is 14.4. The van der Waals surface area contributed by atoms with Gasteiger partial charge in [0, 0.05) is 31.4 Å². The molecule has 0 spiro atoms. The van der Waals surface area contributed by atoms with Crippen LogP contribution in [0.25, 0.3) is 0 Å². The number of ether oxygens (including phenoxy) is 2. The predicted molar refractivity (Wildman–Crippen MR) is 85.0 cm³/mol. The van der Waals surface area contributed by atoms with Crippen molar-refractivity contribution in [1.82, 2.24) is 20.2 Å². The number of amides is 1. The molecule has 0 aromatic carbocycles. The molecule has 0 saturated carbocycles. The lowest BCUT2D eigenvalue weighted by atomic mass is 10.1. The third-order valence-electron chi connectivity index (χ3n) is 3.11. The highest BCUT2D eigenvalue weighted by molar-refractivity contribution is 5.76.